The molecule has 21 heavy (non-hydrogen) atoms. The highest BCUT2D eigenvalue weighted by molar-refractivity contribution is 7.89. The van der Waals surface area contributed by atoms with E-state index in [0.717, 1.165) is 0 Å². The molecule has 0 spiro atoms. The Morgan fingerprint density at radius 1 is 1.29 bits per heavy atom. The molecule has 112 valence electrons. The molecule has 0 aliphatic rings. The Hall–Kier alpha value is -2.39. The fourth-order valence-electron chi connectivity index (χ4n) is 1.44. The van der Waals surface area contributed by atoms with Crippen molar-refractivity contribution in [2.45, 2.75) is 11.4 Å². The minimum Gasteiger partial charge on any atom is -0.482 e. The van der Waals surface area contributed by atoms with Gasteiger partial charge in [0.1, 0.15) is 12.0 Å². The van der Waals surface area contributed by atoms with Crippen LogP contribution >= 0.6 is 0 Å². The summed E-state index contributed by atoms with van der Waals surface area (Å²) in [6, 6.07) is 6.96. The standard InChI is InChI=1S/C12H12N2O6S/c15-12(16)8-19-10-1-3-11(4-2-10)21(17,18)13-7-9-5-6-20-14-9/h1-6,13H,7-8H2,(H,15,16). The van der Waals surface area contributed by atoms with Crippen LogP contribution in [0.25, 0.3) is 0 Å². The second kappa shape index (κ2) is 6.37. The third kappa shape index (κ3) is 4.29. The fraction of sp³-hybridized carbons (Fsp3) is 0.167. The van der Waals surface area contributed by atoms with Gasteiger partial charge in [-0.25, -0.2) is 17.9 Å². The van der Waals surface area contributed by atoms with E-state index in [0.29, 0.717) is 5.69 Å². The average Bonchev–Trinajstić information content (AvgIpc) is 2.97. The summed E-state index contributed by atoms with van der Waals surface area (Å²) < 4.78 is 35.9. The smallest absolute Gasteiger partial charge is 0.341 e. The SMILES string of the molecule is O=C(O)COc1ccc(S(=O)(=O)NCc2ccon2)cc1. The lowest BCUT2D eigenvalue weighted by atomic mass is 10.3. The van der Waals surface area contributed by atoms with Crippen LogP contribution in [0.3, 0.4) is 0 Å². The van der Waals surface area contributed by atoms with Crippen molar-refractivity contribution in [2.75, 3.05) is 6.61 Å². The molecule has 0 aliphatic carbocycles. The summed E-state index contributed by atoms with van der Waals surface area (Å²) >= 11 is 0. The number of rotatable bonds is 7. The van der Waals surface area contributed by atoms with Crippen molar-refractivity contribution in [3.05, 3.63) is 42.3 Å². The Morgan fingerprint density at radius 2 is 2.00 bits per heavy atom. The van der Waals surface area contributed by atoms with Crippen LogP contribution in [0, 0.1) is 0 Å². The number of sulfonamides is 1. The van der Waals surface area contributed by atoms with Crippen molar-refractivity contribution in [3.63, 3.8) is 0 Å². The number of hydrogen-bond donors (Lipinski definition) is 2. The monoisotopic (exact) mass is 312 g/mol. The number of carbonyl (C=O) groups is 1. The highest BCUT2D eigenvalue weighted by Gasteiger charge is 2.14. The van der Waals surface area contributed by atoms with E-state index in [9.17, 15) is 13.2 Å². The molecule has 1 aromatic carbocycles. The van der Waals surface area contributed by atoms with Crippen LogP contribution in [0.2, 0.25) is 0 Å². The molecule has 0 unspecified atom stereocenters. The highest BCUT2D eigenvalue weighted by Crippen LogP contribution is 2.16. The van der Waals surface area contributed by atoms with Gasteiger partial charge in [0, 0.05) is 6.07 Å². The summed E-state index contributed by atoms with van der Waals surface area (Å²) in [7, 11) is -3.69. The van der Waals surface area contributed by atoms with Gasteiger partial charge in [-0.2, -0.15) is 0 Å². The van der Waals surface area contributed by atoms with Crippen LogP contribution < -0.4 is 9.46 Å². The average molecular weight is 312 g/mol. The van der Waals surface area contributed by atoms with Gasteiger partial charge < -0.3 is 14.4 Å². The van der Waals surface area contributed by atoms with E-state index in [1.165, 1.54) is 30.5 Å². The van der Waals surface area contributed by atoms with Crippen LogP contribution in [0.15, 0.2) is 46.0 Å². The van der Waals surface area contributed by atoms with Gasteiger partial charge in [-0.3, -0.25) is 0 Å². The maximum atomic E-state index is 12.0. The summed E-state index contributed by atoms with van der Waals surface area (Å²) in [4.78, 5) is 10.4. The highest BCUT2D eigenvalue weighted by atomic mass is 32.2. The Bertz CT molecular complexity index is 694. The molecule has 0 saturated carbocycles. The molecule has 0 aliphatic heterocycles. The third-order valence-electron chi connectivity index (χ3n) is 2.43. The van der Waals surface area contributed by atoms with Crippen molar-refractivity contribution in [1.29, 1.82) is 0 Å². The second-order valence-corrected chi connectivity index (χ2v) is 5.74. The number of carboxylic acids is 1. The maximum Gasteiger partial charge on any atom is 0.341 e. The van der Waals surface area contributed by atoms with E-state index in [2.05, 4.69) is 14.4 Å². The predicted octanol–water partition coefficient (Wildman–Crippen LogP) is 0.616. The number of aliphatic carboxylic acids is 1. The molecule has 0 saturated heterocycles. The fourth-order valence-corrected chi connectivity index (χ4v) is 2.44. The molecule has 9 heteroatoms. The predicted molar refractivity (Wildman–Crippen MR) is 70.1 cm³/mol. The normalized spacial score (nSPS) is 11.2. The number of carboxylic acid groups (broad SMARTS) is 1. The summed E-state index contributed by atoms with van der Waals surface area (Å²) in [5, 5.41) is 12.1. The molecule has 1 aromatic heterocycles. The van der Waals surface area contributed by atoms with Crippen LogP contribution in [0.4, 0.5) is 0 Å². The van der Waals surface area contributed by atoms with Crippen molar-refractivity contribution in [3.8, 4) is 5.75 Å². The summed E-state index contributed by atoms with van der Waals surface area (Å²) in [5.74, 6) is -0.839. The summed E-state index contributed by atoms with van der Waals surface area (Å²) in [6.45, 7) is -0.480. The van der Waals surface area contributed by atoms with Crippen molar-refractivity contribution in [1.82, 2.24) is 9.88 Å². The summed E-state index contributed by atoms with van der Waals surface area (Å²) in [5.41, 5.74) is 0.458. The van der Waals surface area contributed by atoms with Crippen LogP contribution in [0.5, 0.6) is 5.75 Å². The third-order valence-corrected chi connectivity index (χ3v) is 3.85. The molecule has 2 aromatic rings. The Labute approximate surface area is 120 Å². The number of aromatic nitrogens is 1. The van der Waals surface area contributed by atoms with E-state index in [1.54, 1.807) is 6.07 Å². The maximum absolute atomic E-state index is 12.0. The van der Waals surface area contributed by atoms with Gasteiger partial charge in [0.2, 0.25) is 10.0 Å². The van der Waals surface area contributed by atoms with Gasteiger partial charge in [0.25, 0.3) is 0 Å². The molecule has 0 radical (unpaired) electrons. The Morgan fingerprint density at radius 3 is 2.57 bits per heavy atom. The number of nitrogens with zero attached hydrogens (tertiary/aromatic N) is 1. The van der Waals surface area contributed by atoms with Gasteiger partial charge >= 0.3 is 5.97 Å². The van der Waals surface area contributed by atoms with Crippen LogP contribution in [-0.2, 0) is 21.4 Å². The van der Waals surface area contributed by atoms with Crippen molar-refractivity contribution >= 4 is 16.0 Å². The topological polar surface area (TPSA) is 119 Å². The largest absolute Gasteiger partial charge is 0.482 e. The molecule has 0 fully saturated rings. The van der Waals surface area contributed by atoms with Gasteiger partial charge in [0.15, 0.2) is 6.61 Å². The van der Waals surface area contributed by atoms with Crippen LogP contribution in [-0.4, -0.2) is 31.3 Å². The molecule has 0 atom stereocenters. The number of ether oxygens (including phenoxy) is 1. The second-order valence-electron chi connectivity index (χ2n) is 3.97. The zero-order valence-corrected chi connectivity index (χ0v) is 11.5. The minimum atomic E-state index is -3.69. The number of nitrogens with one attached hydrogen (secondary N) is 1. The van der Waals surface area contributed by atoms with Gasteiger partial charge in [-0.15, -0.1) is 0 Å². The minimum absolute atomic E-state index is 0.0100. The molecule has 2 rings (SSSR count). The first-order chi connectivity index (χ1) is 9.97. The zero-order chi connectivity index (χ0) is 15.3. The quantitative estimate of drug-likeness (QED) is 0.769. The molecule has 2 N–H and O–H groups in total. The van der Waals surface area contributed by atoms with E-state index in [4.69, 9.17) is 9.84 Å². The first-order valence-corrected chi connectivity index (χ1v) is 7.29. The lowest BCUT2D eigenvalue weighted by molar-refractivity contribution is -0.139. The van der Waals surface area contributed by atoms with E-state index in [1.807, 2.05) is 0 Å². The Balaban J connectivity index is 2.01. The first-order valence-electron chi connectivity index (χ1n) is 5.81. The van der Waals surface area contributed by atoms with Crippen LogP contribution in [0.1, 0.15) is 5.69 Å². The van der Waals surface area contributed by atoms with Crippen molar-refractivity contribution < 1.29 is 27.6 Å². The summed E-state index contributed by atoms with van der Waals surface area (Å²) in [6.07, 6.45) is 1.35. The first kappa shape index (κ1) is 15.0. The van der Waals surface area contributed by atoms with E-state index < -0.39 is 22.6 Å². The lowest BCUT2D eigenvalue weighted by Gasteiger charge is -2.07. The molecule has 0 bridgehead atoms. The Kier molecular flexibility index (Phi) is 4.55. The molecular formula is C12H12N2O6S. The van der Waals surface area contributed by atoms with Gasteiger partial charge in [-0.05, 0) is 24.3 Å². The van der Waals surface area contributed by atoms with Gasteiger partial charge in [0.05, 0.1) is 17.1 Å². The molecule has 1 heterocycles. The molecule has 0 amide bonds. The molecular weight excluding hydrogens is 300 g/mol. The van der Waals surface area contributed by atoms with Crippen molar-refractivity contribution in [2.24, 2.45) is 0 Å². The zero-order valence-electron chi connectivity index (χ0n) is 10.7. The molecule has 8 nitrogen and oxygen atoms in total. The van der Waals surface area contributed by atoms with E-state index >= 15 is 0 Å². The lowest BCUT2D eigenvalue weighted by Crippen LogP contribution is -2.23. The van der Waals surface area contributed by atoms with Gasteiger partial charge in [-0.1, -0.05) is 5.16 Å². The number of benzene rings is 1. The van der Waals surface area contributed by atoms with E-state index in [-0.39, 0.29) is 17.2 Å². The number of hydrogen-bond acceptors (Lipinski definition) is 6.